The summed E-state index contributed by atoms with van der Waals surface area (Å²) >= 11 is 0. The minimum Gasteiger partial charge on any atom is -0.493 e. The van der Waals surface area contributed by atoms with Gasteiger partial charge < -0.3 is 9.15 Å². The average Bonchev–Trinajstić information content (AvgIpc) is 2.35. The van der Waals surface area contributed by atoms with Crippen molar-refractivity contribution in [3.8, 4) is 5.75 Å². The summed E-state index contributed by atoms with van der Waals surface area (Å²) in [7, 11) is 0. The zero-order chi connectivity index (χ0) is 12.8. The first-order valence-corrected chi connectivity index (χ1v) is 6.02. The van der Waals surface area contributed by atoms with E-state index in [9.17, 15) is 4.79 Å². The van der Waals surface area contributed by atoms with E-state index < -0.39 is 0 Å². The van der Waals surface area contributed by atoms with Crippen LogP contribution in [0.1, 0.15) is 17.7 Å². The topological polar surface area (TPSA) is 39.4 Å². The molecular formula is C15H16O3. The second kappa shape index (κ2) is 6.05. The highest BCUT2D eigenvalue weighted by molar-refractivity contribution is 5.19. The van der Waals surface area contributed by atoms with Crippen molar-refractivity contribution in [2.45, 2.75) is 19.8 Å². The standard InChI is InChI=1S/C15H16O3/c1-12-10-14(11-15(16)18-12)17-9-5-8-13-6-3-2-4-7-13/h2-4,6-7,10-11H,5,8-9H2,1H3. The molecule has 1 aromatic carbocycles. The Morgan fingerprint density at radius 2 is 1.94 bits per heavy atom. The van der Waals surface area contributed by atoms with E-state index in [1.807, 2.05) is 18.2 Å². The number of benzene rings is 1. The van der Waals surface area contributed by atoms with Crippen molar-refractivity contribution in [2.24, 2.45) is 0 Å². The molecule has 3 nitrogen and oxygen atoms in total. The molecule has 2 aromatic rings. The minimum atomic E-state index is -0.368. The second-order valence-electron chi connectivity index (χ2n) is 4.16. The molecule has 0 aliphatic rings. The van der Waals surface area contributed by atoms with Gasteiger partial charge in [0.1, 0.15) is 11.5 Å². The van der Waals surface area contributed by atoms with E-state index in [1.165, 1.54) is 11.6 Å². The van der Waals surface area contributed by atoms with Crippen LogP contribution in [0.4, 0.5) is 0 Å². The molecule has 0 bridgehead atoms. The molecule has 0 radical (unpaired) electrons. The number of hydrogen-bond acceptors (Lipinski definition) is 3. The molecule has 0 saturated carbocycles. The van der Waals surface area contributed by atoms with Crippen LogP contribution in [0.25, 0.3) is 0 Å². The molecule has 94 valence electrons. The van der Waals surface area contributed by atoms with Crippen LogP contribution in [-0.4, -0.2) is 6.61 Å². The van der Waals surface area contributed by atoms with E-state index >= 15 is 0 Å². The molecule has 0 aliphatic heterocycles. The van der Waals surface area contributed by atoms with E-state index in [4.69, 9.17) is 9.15 Å². The van der Waals surface area contributed by atoms with Crippen LogP contribution >= 0.6 is 0 Å². The molecule has 0 saturated heterocycles. The molecule has 0 spiro atoms. The molecule has 1 aromatic heterocycles. The normalized spacial score (nSPS) is 10.3. The summed E-state index contributed by atoms with van der Waals surface area (Å²) in [6.07, 6.45) is 1.89. The van der Waals surface area contributed by atoms with Crippen LogP contribution in [0.15, 0.2) is 51.7 Å². The first-order valence-electron chi connectivity index (χ1n) is 6.02. The minimum absolute atomic E-state index is 0.368. The van der Waals surface area contributed by atoms with Gasteiger partial charge in [0.2, 0.25) is 0 Å². The van der Waals surface area contributed by atoms with Gasteiger partial charge in [0, 0.05) is 6.07 Å². The third-order valence-corrected chi connectivity index (χ3v) is 2.59. The lowest BCUT2D eigenvalue weighted by Crippen LogP contribution is -2.04. The van der Waals surface area contributed by atoms with Crippen molar-refractivity contribution >= 4 is 0 Å². The number of rotatable bonds is 5. The molecule has 3 heteroatoms. The van der Waals surface area contributed by atoms with E-state index in [2.05, 4.69) is 12.1 Å². The van der Waals surface area contributed by atoms with Crippen molar-refractivity contribution in [1.29, 1.82) is 0 Å². The zero-order valence-electron chi connectivity index (χ0n) is 10.4. The monoisotopic (exact) mass is 244 g/mol. The van der Waals surface area contributed by atoms with Gasteiger partial charge >= 0.3 is 5.63 Å². The van der Waals surface area contributed by atoms with Gasteiger partial charge in [0.15, 0.2) is 0 Å². The maximum atomic E-state index is 11.1. The first-order chi connectivity index (χ1) is 8.74. The predicted molar refractivity (Wildman–Crippen MR) is 70.0 cm³/mol. The van der Waals surface area contributed by atoms with Crippen LogP contribution in [-0.2, 0) is 6.42 Å². The highest BCUT2D eigenvalue weighted by Crippen LogP contribution is 2.10. The van der Waals surface area contributed by atoms with Crippen LogP contribution in [0.5, 0.6) is 5.75 Å². The molecule has 1 heterocycles. The van der Waals surface area contributed by atoms with Crippen molar-refractivity contribution in [2.75, 3.05) is 6.61 Å². The summed E-state index contributed by atoms with van der Waals surface area (Å²) in [6, 6.07) is 13.4. The molecule has 0 atom stereocenters. The Balaban J connectivity index is 1.80. The molecule has 0 unspecified atom stereocenters. The molecule has 2 rings (SSSR count). The van der Waals surface area contributed by atoms with Crippen LogP contribution < -0.4 is 10.4 Å². The summed E-state index contributed by atoms with van der Waals surface area (Å²) < 4.78 is 10.4. The first kappa shape index (κ1) is 12.4. The highest BCUT2D eigenvalue weighted by atomic mass is 16.5. The van der Waals surface area contributed by atoms with Crippen LogP contribution in [0.3, 0.4) is 0 Å². The fourth-order valence-corrected chi connectivity index (χ4v) is 1.77. The summed E-state index contributed by atoms with van der Waals surface area (Å²) in [4.78, 5) is 11.1. The Labute approximate surface area is 106 Å². The number of aryl methyl sites for hydroxylation is 2. The van der Waals surface area contributed by atoms with Gasteiger partial charge in [-0.1, -0.05) is 30.3 Å². The Morgan fingerprint density at radius 3 is 2.67 bits per heavy atom. The molecule has 0 amide bonds. The third kappa shape index (κ3) is 3.77. The van der Waals surface area contributed by atoms with E-state index in [-0.39, 0.29) is 5.63 Å². The Morgan fingerprint density at radius 1 is 1.17 bits per heavy atom. The van der Waals surface area contributed by atoms with Crippen LogP contribution in [0.2, 0.25) is 0 Å². The van der Waals surface area contributed by atoms with Gasteiger partial charge in [-0.05, 0) is 25.3 Å². The lowest BCUT2D eigenvalue weighted by Gasteiger charge is -2.06. The average molecular weight is 244 g/mol. The van der Waals surface area contributed by atoms with Gasteiger partial charge in [-0.2, -0.15) is 0 Å². The summed E-state index contributed by atoms with van der Waals surface area (Å²) in [5.74, 6) is 1.15. The fraction of sp³-hybridized carbons (Fsp3) is 0.267. The van der Waals surface area contributed by atoms with Gasteiger partial charge in [0.05, 0.1) is 12.7 Å². The van der Waals surface area contributed by atoms with E-state index in [0.29, 0.717) is 18.1 Å². The molecule has 0 aliphatic carbocycles. The van der Waals surface area contributed by atoms with E-state index in [1.54, 1.807) is 13.0 Å². The largest absolute Gasteiger partial charge is 0.493 e. The lowest BCUT2D eigenvalue weighted by molar-refractivity contribution is 0.305. The Hall–Kier alpha value is -2.03. The fourth-order valence-electron chi connectivity index (χ4n) is 1.77. The summed E-state index contributed by atoms with van der Waals surface area (Å²) in [6.45, 7) is 2.33. The Bertz CT molecular complexity index is 543. The number of hydrogen-bond donors (Lipinski definition) is 0. The van der Waals surface area contributed by atoms with Crippen molar-refractivity contribution in [1.82, 2.24) is 0 Å². The van der Waals surface area contributed by atoms with Gasteiger partial charge in [-0.3, -0.25) is 0 Å². The van der Waals surface area contributed by atoms with Crippen molar-refractivity contribution in [3.05, 3.63) is 64.2 Å². The van der Waals surface area contributed by atoms with Crippen molar-refractivity contribution < 1.29 is 9.15 Å². The van der Waals surface area contributed by atoms with Crippen molar-refractivity contribution in [3.63, 3.8) is 0 Å². The lowest BCUT2D eigenvalue weighted by atomic mass is 10.1. The van der Waals surface area contributed by atoms with Crippen LogP contribution in [0, 0.1) is 6.92 Å². The summed E-state index contributed by atoms with van der Waals surface area (Å²) in [5.41, 5.74) is 0.929. The second-order valence-corrected chi connectivity index (χ2v) is 4.16. The molecule has 18 heavy (non-hydrogen) atoms. The maximum Gasteiger partial charge on any atom is 0.339 e. The predicted octanol–water partition coefficient (Wildman–Crippen LogP) is 2.96. The molecular weight excluding hydrogens is 228 g/mol. The zero-order valence-corrected chi connectivity index (χ0v) is 10.4. The Kier molecular flexibility index (Phi) is 4.18. The third-order valence-electron chi connectivity index (χ3n) is 2.59. The number of ether oxygens (including phenoxy) is 1. The van der Waals surface area contributed by atoms with Gasteiger partial charge in [-0.25, -0.2) is 4.79 Å². The van der Waals surface area contributed by atoms with Gasteiger partial charge in [0.25, 0.3) is 0 Å². The molecule has 0 fully saturated rings. The molecule has 0 N–H and O–H groups in total. The quantitative estimate of drug-likeness (QED) is 0.759. The van der Waals surface area contributed by atoms with Gasteiger partial charge in [-0.15, -0.1) is 0 Å². The highest BCUT2D eigenvalue weighted by Gasteiger charge is 1.99. The summed E-state index contributed by atoms with van der Waals surface area (Å²) in [5, 5.41) is 0. The maximum absolute atomic E-state index is 11.1. The van der Waals surface area contributed by atoms with E-state index in [0.717, 1.165) is 12.8 Å². The smallest absolute Gasteiger partial charge is 0.339 e. The SMILES string of the molecule is Cc1cc(OCCCc2ccccc2)cc(=O)o1.